The summed E-state index contributed by atoms with van der Waals surface area (Å²) in [4.78, 5) is 11.3. The van der Waals surface area contributed by atoms with Crippen LogP contribution in [0.25, 0.3) is 0 Å². The van der Waals surface area contributed by atoms with Crippen LogP contribution in [0.1, 0.15) is 25.5 Å². The third-order valence-electron chi connectivity index (χ3n) is 2.78. The van der Waals surface area contributed by atoms with E-state index in [0.717, 1.165) is 5.56 Å². The quantitative estimate of drug-likeness (QED) is 0.431. The van der Waals surface area contributed by atoms with Gasteiger partial charge < -0.3 is 21.5 Å². The van der Waals surface area contributed by atoms with E-state index in [1.54, 1.807) is 12.1 Å². The first-order valence-electron chi connectivity index (χ1n) is 6.52. The number of rotatable bonds is 7. The van der Waals surface area contributed by atoms with Crippen molar-refractivity contribution >= 4 is 11.6 Å². The van der Waals surface area contributed by atoms with Gasteiger partial charge in [-0.2, -0.15) is 0 Å². The monoisotopic (exact) mass is 265 g/mol. The number of aliphatic hydroxyl groups excluding tert-OH is 1. The number of benzene rings is 1. The van der Waals surface area contributed by atoms with Gasteiger partial charge in [0.15, 0.2) is 0 Å². The van der Waals surface area contributed by atoms with Gasteiger partial charge in [-0.25, -0.2) is 0 Å². The van der Waals surface area contributed by atoms with E-state index in [-0.39, 0.29) is 11.8 Å². The van der Waals surface area contributed by atoms with Crippen LogP contribution in [0.5, 0.6) is 0 Å². The van der Waals surface area contributed by atoms with E-state index in [1.165, 1.54) is 0 Å². The molecular formula is C14H23N3O2. The molecule has 0 saturated heterocycles. The van der Waals surface area contributed by atoms with Gasteiger partial charge in [0.1, 0.15) is 0 Å². The zero-order valence-corrected chi connectivity index (χ0v) is 11.5. The molecule has 5 heteroatoms. The first-order valence-corrected chi connectivity index (χ1v) is 6.52. The average Bonchev–Trinajstić information content (AvgIpc) is 2.38. The van der Waals surface area contributed by atoms with Gasteiger partial charge in [-0.1, -0.05) is 26.0 Å². The fraction of sp³-hybridized carbons (Fsp3) is 0.500. The van der Waals surface area contributed by atoms with Crippen molar-refractivity contribution in [3.63, 3.8) is 0 Å². The summed E-state index contributed by atoms with van der Waals surface area (Å²) >= 11 is 0. The Balaban J connectivity index is 2.19. The summed E-state index contributed by atoms with van der Waals surface area (Å²) in [6.45, 7) is 5.35. The zero-order chi connectivity index (χ0) is 14.3. The molecule has 0 aliphatic rings. The van der Waals surface area contributed by atoms with Crippen molar-refractivity contribution in [3.05, 3.63) is 29.8 Å². The minimum Gasteiger partial charge on any atom is -0.399 e. The largest absolute Gasteiger partial charge is 0.399 e. The maximum atomic E-state index is 11.3. The van der Waals surface area contributed by atoms with Crippen molar-refractivity contribution in [2.75, 3.05) is 25.4 Å². The van der Waals surface area contributed by atoms with E-state index in [4.69, 9.17) is 5.73 Å². The lowest BCUT2D eigenvalue weighted by molar-refractivity contribution is -0.123. The van der Waals surface area contributed by atoms with E-state index in [0.29, 0.717) is 25.3 Å². The highest BCUT2D eigenvalue weighted by Gasteiger charge is 2.07. The summed E-state index contributed by atoms with van der Waals surface area (Å²) in [7, 11) is 0. The third-order valence-corrected chi connectivity index (χ3v) is 2.78. The maximum Gasteiger partial charge on any atom is 0.222 e. The molecule has 0 spiro atoms. The normalized spacial score (nSPS) is 12.4. The number of hydrogen-bond donors (Lipinski definition) is 4. The molecule has 0 fully saturated rings. The van der Waals surface area contributed by atoms with Crippen molar-refractivity contribution in [1.29, 1.82) is 0 Å². The number of carbonyl (C=O) groups excluding carboxylic acids is 1. The van der Waals surface area contributed by atoms with Crippen LogP contribution in [0, 0.1) is 5.92 Å². The number of nitrogens with two attached hydrogens (primary N) is 1. The lowest BCUT2D eigenvalue weighted by atomic mass is 10.1. The Morgan fingerprint density at radius 2 is 1.89 bits per heavy atom. The smallest absolute Gasteiger partial charge is 0.222 e. The first-order chi connectivity index (χ1) is 9.00. The summed E-state index contributed by atoms with van der Waals surface area (Å²) < 4.78 is 0. The van der Waals surface area contributed by atoms with Gasteiger partial charge >= 0.3 is 0 Å². The number of carbonyl (C=O) groups is 1. The Labute approximate surface area is 114 Å². The Bertz CT molecular complexity index is 390. The number of hydrogen-bond acceptors (Lipinski definition) is 4. The standard InChI is InChI=1S/C14H23N3O2/c1-10(2)14(19)17-8-7-16-9-13(18)11-3-5-12(15)6-4-11/h3-6,10,13,16,18H,7-9,15H2,1-2H3,(H,17,19)/t13-/m1/s1. The molecule has 0 radical (unpaired) electrons. The van der Waals surface area contributed by atoms with Crippen LogP contribution >= 0.6 is 0 Å². The Morgan fingerprint density at radius 1 is 1.26 bits per heavy atom. The second kappa shape index (κ2) is 7.76. The van der Waals surface area contributed by atoms with Crippen molar-refractivity contribution in [1.82, 2.24) is 10.6 Å². The van der Waals surface area contributed by atoms with Crippen LogP contribution < -0.4 is 16.4 Å². The molecule has 1 aromatic carbocycles. The summed E-state index contributed by atoms with van der Waals surface area (Å²) in [5, 5.41) is 15.8. The SMILES string of the molecule is CC(C)C(=O)NCCNC[C@@H](O)c1ccc(N)cc1. The molecule has 1 rings (SSSR count). The van der Waals surface area contributed by atoms with Gasteiger partial charge in [-0.15, -0.1) is 0 Å². The van der Waals surface area contributed by atoms with E-state index >= 15 is 0 Å². The number of nitrogen functional groups attached to an aromatic ring is 1. The van der Waals surface area contributed by atoms with Gasteiger partial charge in [0.05, 0.1) is 6.10 Å². The van der Waals surface area contributed by atoms with Crippen molar-refractivity contribution in [2.24, 2.45) is 5.92 Å². The van der Waals surface area contributed by atoms with Crippen LogP contribution in [0.2, 0.25) is 0 Å². The highest BCUT2D eigenvalue weighted by Crippen LogP contribution is 2.13. The third kappa shape index (κ3) is 5.72. The minimum absolute atomic E-state index is 0.000340. The average molecular weight is 265 g/mol. The molecule has 0 aliphatic heterocycles. The molecule has 0 bridgehead atoms. The van der Waals surface area contributed by atoms with Crippen molar-refractivity contribution < 1.29 is 9.90 Å². The molecule has 19 heavy (non-hydrogen) atoms. The second-order valence-corrected chi connectivity index (χ2v) is 4.83. The molecule has 0 saturated carbocycles. The van der Waals surface area contributed by atoms with Gasteiger partial charge in [0.25, 0.3) is 0 Å². The van der Waals surface area contributed by atoms with Gasteiger partial charge in [0, 0.05) is 31.2 Å². The molecule has 0 aromatic heterocycles. The van der Waals surface area contributed by atoms with E-state index in [1.807, 2.05) is 26.0 Å². The van der Waals surface area contributed by atoms with E-state index in [9.17, 15) is 9.90 Å². The second-order valence-electron chi connectivity index (χ2n) is 4.83. The summed E-state index contributed by atoms with van der Waals surface area (Å²) in [6, 6.07) is 7.15. The van der Waals surface area contributed by atoms with Crippen LogP contribution in [0.15, 0.2) is 24.3 Å². The fourth-order valence-electron chi connectivity index (χ4n) is 1.55. The number of anilines is 1. The maximum absolute atomic E-state index is 11.3. The van der Waals surface area contributed by atoms with E-state index in [2.05, 4.69) is 10.6 Å². The van der Waals surface area contributed by atoms with Gasteiger partial charge in [0.2, 0.25) is 5.91 Å². The van der Waals surface area contributed by atoms with Crippen LogP contribution in [-0.4, -0.2) is 30.6 Å². The molecule has 1 aromatic rings. The molecule has 106 valence electrons. The Hall–Kier alpha value is -1.59. The van der Waals surface area contributed by atoms with E-state index < -0.39 is 6.10 Å². The van der Waals surface area contributed by atoms with Crippen LogP contribution in [-0.2, 0) is 4.79 Å². The number of nitrogens with one attached hydrogen (secondary N) is 2. The van der Waals surface area contributed by atoms with Crippen LogP contribution in [0.4, 0.5) is 5.69 Å². The molecule has 5 nitrogen and oxygen atoms in total. The lowest BCUT2D eigenvalue weighted by Crippen LogP contribution is -2.35. The summed E-state index contributed by atoms with van der Waals surface area (Å²) in [6.07, 6.45) is -0.568. The highest BCUT2D eigenvalue weighted by atomic mass is 16.3. The molecule has 0 heterocycles. The topological polar surface area (TPSA) is 87.4 Å². The number of aliphatic hydroxyl groups is 1. The Morgan fingerprint density at radius 3 is 2.47 bits per heavy atom. The lowest BCUT2D eigenvalue weighted by Gasteiger charge is -2.13. The van der Waals surface area contributed by atoms with Gasteiger partial charge in [-0.05, 0) is 17.7 Å². The molecule has 1 atom stereocenters. The zero-order valence-electron chi connectivity index (χ0n) is 11.5. The minimum atomic E-state index is -0.568. The van der Waals surface area contributed by atoms with Crippen LogP contribution in [0.3, 0.4) is 0 Å². The molecule has 1 amide bonds. The molecule has 0 aliphatic carbocycles. The predicted octanol–water partition coefficient (Wildman–Crippen LogP) is 0.664. The van der Waals surface area contributed by atoms with Crippen molar-refractivity contribution in [2.45, 2.75) is 20.0 Å². The molecular weight excluding hydrogens is 242 g/mol. The van der Waals surface area contributed by atoms with Crippen molar-refractivity contribution in [3.8, 4) is 0 Å². The fourth-order valence-corrected chi connectivity index (χ4v) is 1.55. The predicted molar refractivity (Wildman–Crippen MR) is 76.5 cm³/mol. The Kier molecular flexibility index (Phi) is 6.32. The number of amides is 1. The first kappa shape index (κ1) is 15.5. The van der Waals surface area contributed by atoms with Gasteiger partial charge in [-0.3, -0.25) is 4.79 Å². The molecule has 0 unspecified atom stereocenters. The molecule has 5 N–H and O–H groups in total. The summed E-state index contributed by atoms with van der Waals surface area (Å²) in [5.74, 6) is 0.0428. The highest BCUT2D eigenvalue weighted by molar-refractivity contribution is 5.77. The summed E-state index contributed by atoms with van der Waals surface area (Å²) in [5.41, 5.74) is 7.09.